The minimum atomic E-state index is -0.683. The van der Waals surface area contributed by atoms with Gasteiger partial charge in [-0.25, -0.2) is 0 Å². The molecule has 3 rings (SSSR count). The number of aryl methyl sites for hydroxylation is 1. The lowest BCUT2D eigenvalue weighted by atomic mass is 10.2. The Balaban J connectivity index is 1.49. The Morgan fingerprint density at radius 1 is 1.17 bits per heavy atom. The van der Waals surface area contributed by atoms with E-state index in [1.165, 1.54) is 4.90 Å². The van der Waals surface area contributed by atoms with Gasteiger partial charge in [-0.1, -0.05) is 12.1 Å². The Labute approximate surface area is 177 Å². The van der Waals surface area contributed by atoms with E-state index in [1.54, 1.807) is 14.0 Å². The van der Waals surface area contributed by atoms with Crippen LogP contribution in [0.4, 0.5) is 11.4 Å². The number of morpholine rings is 1. The first kappa shape index (κ1) is 21.6. The number of carbonyl (C=O) groups is 2. The molecule has 2 aromatic rings. The van der Waals surface area contributed by atoms with Crippen molar-refractivity contribution in [1.82, 2.24) is 4.90 Å². The number of ether oxygens (including phenoxy) is 2. The van der Waals surface area contributed by atoms with Gasteiger partial charge >= 0.3 is 0 Å². The Morgan fingerprint density at radius 3 is 2.53 bits per heavy atom. The Bertz CT molecular complexity index is 863. The molecule has 1 atom stereocenters. The highest BCUT2D eigenvalue weighted by Crippen LogP contribution is 2.19. The van der Waals surface area contributed by atoms with E-state index in [0.717, 1.165) is 37.6 Å². The fraction of sp³-hybridized carbons (Fsp3) is 0.391. The average molecular weight is 412 g/mol. The summed E-state index contributed by atoms with van der Waals surface area (Å²) in [4.78, 5) is 28.5. The molecule has 0 aromatic heterocycles. The Kier molecular flexibility index (Phi) is 7.30. The quantitative estimate of drug-likeness (QED) is 0.759. The molecule has 0 radical (unpaired) electrons. The van der Waals surface area contributed by atoms with Gasteiger partial charge in [0, 0.05) is 31.5 Å². The number of anilines is 2. The molecule has 7 heteroatoms. The Hall–Kier alpha value is -3.06. The second-order valence-electron chi connectivity index (χ2n) is 7.47. The summed E-state index contributed by atoms with van der Waals surface area (Å²) < 4.78 is 11.1. The van der Waals surface area contributed by atoms with E-state index in [0.29, 0.717) is 11.4 Å². The van der Waals surface area contributed by atoms with Crippen LogP contribution in [0.5, 0.6) is 5.75 Å². The van der Waals surface area contributed by atoms with Crippen molar-refractivity contribution in [3.05, 3.63) is 54.1 Å². The lowest BCUT2D eigenvalue weighted by Crippen LogP contribution is -2.42. The van der Waals surface area contributed by atoms with Crippen molar-refractivity contribution in [3.8, 4) is 5.75 Å². The standard InChI is InChI=1S/C23H29N3O4/c1-17-5-4-6-21(15-17)30-18(2)23(28)25(3)16-22(27)24-19-7-9-20(10-8-19)26-11-13-29-14-12-26/h4-10,15,18H,11-14,16H2,1-3H3,(H,24,27)/t18-/m1/s1. The molecule has 2 aromatic carbocycles. The maximum Gasteiger partial charge on any atom is 0.263 e. The molecule has 0 spiro atoms. The first-order valence-corrected chi connectivity index (χ1v) is 10.1. The highest BCUT2D eigenvalue weighted by atomic mass is 16.5. The lowest BCUT2D eigenvalue weighted by molar-refractivity contribution is -0.139. The van der Waals surface area contributed by atoms with Crippen LogP contribution in [-0.2, 0) is 14.3 Å². The second-order valence-corrected chi connectivity index (χ2v) is 7.47. The molecular weight excluding hydrogens is 382 g/mol. The Morgan fingerprint density at radius 2 is 1.87 bits per heavy atom. The SMILES string of the molecule is Cc1cccc(O[C@H](C)C(=O)N(C)CC(=O)Nc2ccc(N3CCOCC3)cc2)c1. The number of amides is 2. The number of rotatable bonds is 7. The molecule has 1 aliphatic heterocycles. The van der Waals surface area contributed by atoms with Crippen LogP contribution in [0, 0.1) is 6.92 Å². The van der Waals surface area contributed by atoms with Gasteiger partial charge in [0.25, 0.3) is 5.91 Å². The van der Waals surface area contributed by atoms with Gasteiger partial charge < -0.3 is 24.6 Å². The lowest BCUT2D eigenvalue weighted by Gasteiger charge is -2.29. The summed E-state index contributed by atoms with van der Waals surface area (Å²) in [5, 5.41) is 2.84. The van der Waals surface area contributed by atoms with Gasteiger partial charge in [0.1, 0.15) is 5.75 Å². The molecular formula is C23H29N3O4. The van der Waals surface area contributed by atoms with Gasteiger partial charge in [-0.2, -0.15) is 0 Å². The fourth-order valence-corrected chi connectivity index (χ4v) is 3.32. The molecule has 2 amide bonds. The van der Waals surface area contributed by atoms with Crippen molar-refractivity contribution < 1.29 is 19.1 Å². The van der Waals surface area contributed by atoms with Crippen molar-refractivity contribution in [3.63, 3.8) is 0 Å². The molecule has 0 bridgehead atoms. The normalized spacial score (nSPS) is 14.7. The number of nitrogens with one attached hydrogen (secondary N) is 1. The smallest absolute Gasteiger partial charge is 0.263 e. The van der Waals surface area contributed by atoms with Gasteiger partial charge in [-0.3, -0.25) is 9.59 Å². The summed E-state index contributed by atoms with van der Waals surface area (Å²) in [6.45, 7) is 6.77. The van der Waals surface area contributed by atoms with E-state index in [-0.39, 0.29) is 18.4 Å². The maximum atomic E-state index is 12.5. The van der Waals surface area contributed by atoms with Crippen LogP contribution in [-0.4, -0.2) is 62.7 Å². The first-order chi connectivity index (χ1) is 14.4. The van der Waals surface area contributed by atoms with Crippen molar-refractivity contribution in [2.24, 2.45) is 0 Å². The molecule has 30 heavy (non-hydrogen) atoms. The summed E-state index contributed by atoms with van der Waals surface area (Å²) in [6, 6.07) is 15.2. The fourth-order valence-electron chi connectivity index (χ4n) is 3.32. The first-order valence-electron chi connectivity index (χ1n) is 10.1. The molecule has 1 saturated heterocycles. The predicted molar refractivity (Wildman–Crippen MR) is 117 cm³/mol. The summed E-state index contributed by atoms with van der Waals surface area (Å²) in [5.74, 6) is 0.121. The molecule has 160 valence electrons. The van der Waals surface area contributed by atoms with Crippen LogP contribution >= 0.6 is 0 Å². The number of hydrogen-bond donors (Lipinski definition) is 1. The number of nitrogens with zero attached hydrogens (tertiary/aromatic N) is 2. The molecule has 0 unspecified atom stereocenters. The van der Waals surface area contributed by atoms with Gasteiger partial charge in [-0.15, -0.1) is 0 Å². The monoisotopic (exact) mass is 411 g/mol. The third kappa shape index (κ3) is 5.97. The van der Waals surface area contributed by atoms with E-state index in [2.05, 4.69) is 10.2 Å². The van der Waals surface area contributed by atoms with Crippen LogP contribution in [0.1, 0.15) is 12.5 Å². The van der Waals surface area contributed by atoms with Crippen LogP contribution in [0.3, 0.4) is 0 Å². The summed E-state index contributed by atoms with van der Waals surface area (Å²) in [5.41, 5.74) is 2.85. The van der Waals surface area contributed by atoms with Crippen LogP contribution in [0.15, 0.2) is 48.5 Å². The zero-order valence-corrected chi connectivity index (χ0v) is 17.8. The van der Waals surface area contributed by atoms with Crippen molar-refractivity contribution in [2.75, 3.05) is 50.1 Å². The topological polar surface area (TPSA) is 71.1 Å². The minimum Gasteiger partial charge on any atom is -0.481 e. The van der Waals surface area contributed by atoms with Crippen LogP contribution in [0.2, 0.25) is 0 Å². The van der Waals surface area contributed by atoms with Gasteiger partial charge in [0.05, 0.1) is 19.8 Å². The number of carbonyl (C=O) groups excluding carboxylic acids is 2. The van der Waals surface area contributed by atoms with Gasteiger partial charge in [-0.05, 0) is 55.8 Å². The number of likely N-dealkylation sites (N-methyl/N-ethyl adjacent to an activating group) is 1. The van der Waals surface area contributed by atoms with E-state index in [1.807, 2.05) is 55.5 Å². The molecule has 1 aliphatic rings. The highest BCUT2D eigenvalue weighted by molar-refractivity contribution is 5.95. The predicted octanol–water partition coefficient (Wildman–Crippen LogP) is 2.70. The zero-order valence-electron chi connectivity index (χ0n) is 17.8. The molecule has 0 saturated carbocycles. The average Bonchev–Trinajstić information content (AvgIpc) is 2.74. The number of hydrogen-bond acceptors (Lipinski definition) is 5. The maximum absolute atomic E-state index is 12.5. The van der Waals surface area contributed by atoms with Gasteiger partial charge in [0.2, 0.25) is 5.91 Å². The zero-order chi connectivity index (χ0) is 21.5. The van der Waals surface area contributed by atoms with E-state index in [9.17, 15) is 9.59 Å². The van der Waals surface area contributed by atoms with Crippen LogP contribution in [0.25, 0.3) is 0 Å². The van der Waals surface area contributed by atoms with Crippen molar-refractivity contribution in [2.45, 2.75) is 20.0 Å². The molecule has 1 fully saturated rings. The second kappa shape index (κ2) is 10.1. The van der Waals surface area contributed by atoms with Crippen LogP contribution < -0.4 is 15.0 Å². The molecule has 1 N–H and O–H groups in total. The third-order valence-electron chi connectivity index (χ3n) is 4.93. The van der Waals surface area contributed by atoms with Crippen molar-refractivity contribution >= 4 is 23.2 Å². The third-order valence-corrected chi connectivity index (χ3v) is 4.93. The summed E-state index contributed by atoms with van der Waals surface area (Å²) in [6.07, 6.45) is -0.683. The van der Waals surface area contributed by atoms with E-state index in [4.69, 9.17) is 9.47 Å². The molecule has 0 aliphatic carbocycles. The largest absolute Gasteiger partial charge is 0.481 e. The highest BCUT2D eigenvalue weighted by Gasteiger charge is 2.21. The van der Waals surface area contributed by atoms with E-state index >= 15 is 0 Å². The molecule has 7 nitrogen and oxygen atoms in total. The molecule has 1 heterocycles. The summed E-state index contributed by atoms with van der Waals surface area (Å²) in [7, 11) is 1.60. The summed E-state index contributed by atoms with van der Waals surface area (Å²) >= 11 is 0. The van der Waals surface area contributed by atoms with E-state index < -0.39 is 6.10 Å². The minimum absolute atomic E-state index is 0.0500. The van der Waals surface area contributed by atoms with Gasteiger partial charge in [0.15, 0.2) is 6.10 Å². The number of benzene rings is 2. The van der Waals surface area contributed by atoms with Crippen molar-refractivity contribution in [1.29, 1.82) is 0 Å².